The van der Waals surface area contributed by atoms with Crippen LogP contribution in [0.4, 0.5) is 0 Å². The van der Waals surface area contributed by atoms with E-state index >= 15 is 0 Å². The second-order valence-corrected chi connectivity index (χ2v) is 8.66. The van der Waals surface area contributed by atoms with Crippen LogP contribution in [0.5, 0.6) is 5.75 Å². The van der Waals surface area contributed by atoms with Crippen LogP contribution in [0.1, 0.15) is 41.9 Å². The van der Waals surface area contributed by atoms with E-state index < -0.39 is 5.97 Å². The van der Waals surface area contributed by atoms with E-state index in [1.807, 2.05) is 25.1 Å². The van der Waals surface area contributed by atoms with Gasteiger partial charge in [0, 0.05) is 24.5 Å². The lowest BCUT2D eigenvalue weighted by atomic mass is 10.0. The van der Waals surface area contributed by atoms with Crippen LogP contribution >= 0.6 is 0 Å². The molecule has 30 heavy (non-hydrogen) atoms. The van der Waals surface area contributed by atoms with Crippen molar-refractivity contribution in [3.63, 3.8) is 0 Å². The molecule has 1 saturated carbocycles. The number of aryl methyl sites for hydroxylation is 1. The first-order chi connectivity index (χ1) is 14.6. The van der Waals surface area contributed by atoms with E-state index in [0.717, 1.165) is 36.5 Å². The molecule has 4 rings (SSSR count). The third-order valence-electron chi connectivity index (χ3n) is 6.32. The van der Waals surface area contributed by atoms with E-state index in [1.54, 1.807) is 0 Å². The maximum atomic E-state index is 10.8. The van der Waals surface area contributed by atoms with Gasteiger partial charge >= 0.3 is 5.97 Å². The lowest BCUT2D eigenvalue weighted by Crippen LogP contribution is -2.44. The third-order valence-corrected chi connectivity index (χ3v) is 6.32. The number of carbonyl (C=O) groups is 1. The van der Waals surface area contributed by atoms with Crippen molar-refractivity contribution in [3.05, 3.63) is 65.2 Å². The van der Waals surface area contributed by atoms with Gasteiger partial charge in [-0.3, -0.25) is 9.69 Å². The molecule has 0 unspecified atom stereocenters. The lowest BCUT2D eigenvalue weighted by Gasteiger charge is -2.32. The highest BCUT2D eigenvalue weighted by Gasteiger charge is 2.39. The molecule has 1 heterocycles. The summed E-state index contributed by atoms with van der Waals surface area (Å²) in [5.74, 6) is 0.738. The van der Waals surface area contributed by atoms with Gasteiger partial charge in [-0.25, -0.2) is 0 Å². The minimum absolute atomic E-state index is 0.0526. The molecule has 2 aliphatic rings. The molecular weight excluding hydrogens is 376 g/mol. The smallest absolute Gasteiger partial charge is 0.307 e. The Morgan fingerprint density at radius 1 is 1.17 bits per heavy atom. The molecule has 1 aliphatic carbocycles. The number of ether oxygens (including phenoxy) is 1. The van der Waals surface area contributed by atoms with E-state index in [1.165, 1.54) is 24.8 Å². The Morgan fingerprint density at radius 3 is 2.63 bits per heavy atom. The summed E-state index contributed by atoms with van der Waals surface area (Å²) >= 11 is 0. The number of carboxylic acid groups (broad SMARTS) is 1. The summed E-state index contributed by atoms with van der Waals surface area (Å²) in [6, 6.07) is 17.8. The summed E-state index contributed by atoms with van der Waals surface area (Å²) in [6.45, 7) is 5.79. The van der Waals surface area contributed by atoms with Crippen LogP contribution < -0.4 is 10.1 Å². The molecule has 0 bridgehead atoms. The molecule has 1 aliphatic heterocycles. The molecule has 160 valence electrons. The Morgan fingerprint density at radius 2 is 1.93 bits per heavy atom. The van der Waals surface area contributed by atoms with Gasteiger partial charge in [0.25, 0.3) is 0 Å². The van der Waals surface area contributed by atoms with Crippen molar-refractivity contribution >= 4 is 5.97 Å². The fourth-order valence-corrected chi connectivity index (χ4v) is 4.52. The topological polar surface area (TPSA) is 61.8 Å². The Labute approximate surface area is 179 Å². The van der Waals surface area contributed by atoms with Gasteiger partial charge < -0.3 is 15.2 Å². The molecule has 2 aromatic carbocycles. The standard InChI is InChI=1S/C25H32N2O3/c1-18-15-19(16-25(28)29)7-8-24(18)30-14-13-27-11-9-21(10-12-27)26-23-17-22(23)20-5-3-2-4-6-20/h2-8,15,21-23,26H,9-14,16-17H2,1H3,(H,28,29)/t22-,23+/m0/s1. The van der Waals surface area contributed by atoms with Gasteiger partial charge in [0.2, 0.25) is 0 Å². The highest BCUT2D eigenvalue weighted by atomic mass is 16.5. The average molecular weight is 409 g/mol. The van der Waals surface area contributed by atoms with Gasteiger partial charge in [0.1, 0.15) is 12.4 Å². The van der Waals surface area contributed by atoms with E-state index in [2.05, 4.69) is 40.5 Å². The first kappa shape index (κ1) is 20.9. The van der Waals surface area contributed by atoms with Crippen molar-refractivity contribution in [1.29, 1.82) is 0 Å². The monoisotopic (exact) mass is 408 g/mol. The number of rotatable bonds is 9. The van der Waals surface area contributed by atoms with Gasteiger partial charge in [-0.2, -0.15) is 0 Å². The van der Waals surface area contributed by atoms with Crippen molar-refractivity contribution in [2.75, 3.05) is 26.2 Å². The maximum absolute atomic E-state index is 10.8. The first-order valence-corrected chi connectivity index (χ1v) is 11.1. The van der Waals surface area contributed by atoms with Crippen LogP contribution in [0.3, 0.4) is 0 Å². The van der Waals surface area contributed by atoms with Gasteiger partial charge in [-0.15, -0.1) is 0 Å². The summed E-state index contributed by atoms with van der Waals surface area (Å²) in [4.78, 5) is 13.3. The largest absolute Gasteiger partial charge is 0.492 e. The normalized spacial score (nSPS) is 22.0. The summed E-state index contributed by atoms with van der Waals surface area (Å²) in [5, 5.41) is 12.8. The highest BCUT2D eigenvalue weighted by molar-refractivity contribution is 5.70. The summed E-state index contributed by atoms with van der Waals surface area (Å²) in [7, 11) is 0. The van der Waals surface area contributed by atoms with Crippen LogP contribution in [-0.4, -0.2) is 54.3 Å². The quantitative estimate of drug-likeness (QED) is 0.664. The second kappa shape index (κ2) is 9.63. The first-order valence-electron chi connectivity index (χ1n) is 11.1. The fraction of sp³-hybridized carbons (Fsp3) is 0.480. The van der Waals surface area contributed by atoms with Crippen molar-refractivity contribution in [3.8, 4) is 5.75 Å². The zero-order valence-corrected chi connectivity index (χ0v) is 17.7. The highest BCUT2D eigenvalue weighted by Crippen LogP contribution is 2.41. The minimum Gasteiger partial charge on any atom is -0.492 e. The molecule has 2 fully saturated rings. The average Bonchev–Trinajstić information content (AvgIpc) is 3.50. The Bertz CT molecular complexity index is 847. The molecule has 0 spiro atoms. The van der Waals surface area contributed by atoms with Crippen molar-refractivity contribution in [1.82, 2.24) is 10.2 Å². The number of hydrogen-bond donors (Lipinski definition) is 2. The van der Waals surface area contributed by atoms with E-state index in [-0.39, 0.29) is 6.42 Å². The summed E-state index contributed by atoms with van der Waals surface area (Å²) in [5.41, 5.74) is 3.28. The van der Waals surface area contributed by atoms with E-state index in [0.29, 0.717) is 24.6 Å². The maximum Gasteiger partial charge on any atom is 0.307 e. The molecule has 5 heteroatoms. The minimum atomic E-state index is -0.807. The second-order valence-electron chi connectivity index (χ2n) is 8.66. The van der Waals surface area contributed by atoms with Crippen LogP contribution in [-0.2, 0) is 11.2 Å². The Kier molecular flexibility index (Phi) is 6.70. The molecule has 0 amide bonds. The van der Waals surface area contributed by atoms with E-state index in [9.17, 15) is 4.79 Å². The van der Waals surface area contributed by atoms with Gasteiger partial charge in [-0.05, 0) is 62.0 Å². The number of aliphatic carboxylic acids is 1. The molecule has 2 aromatic rings. The number of carboxylic acids is 1. The van der Waals surface area contributed by atoms with Crippen LogP contribution in [0, 0.1) is 6.92 Å². The van der Waals surface area contributed by atoms with E-state index in [4.69, 9.17) is 9.84 Å². The summed E-state index contributed by atoms with van der Waals surface area (Å²) < 4.78 is 5.96. The SMILES string of the molecule is Cc1cc(CC(=O)O)ccc1OCCN1CCC(N[C@@H]2C[C@H]2c2ccccc2)CC1. The number of piperidine rings is 1. The fourth-order valence-electron chi connectivity index (χ4n) is 4.52. The lowest BCUT2D eigenvalue weighted by molar-refractivity contribution is -0.136. The molecule has 1 saturated heterocycles. The van der Waals surface area contributed by atoms with Gasteiger partial charge in [-0.1, -0.05) is 42.5 Å². The predicted octanol–water partition coefficient (Wildman–Crippen LogP) is 3.61. The Hall–Kier alpha value is -2.37. The number of hydrogen-bond acceptors (Lipinski definition) is 4. The van der Waals surface area contributed by atoms with Crippen LogP contribution in [0.25, 0.3) is 0 Å². The number of nitrogens with zero attached hydrogens (tertiary/aromatic N) is 1. The Balaban J connectivity index is 1.14. The zero-order chi connectivity index (χ0) is 20.9. The van der Waals surface area contributed by atoms with Gasteiger partial charge in [0.15, 0.2) is 0 Å². The van der Waals surface area contributed by atoms with Crippen molar-refractivity contribution < 1.29 is 14.6 Å². The molecule has 2 N–H and O–H groups in total. The predicted molar refractivity (Wildman–Crippen MR) is 118 cm³/mol. The number of likely N-dealkylation sites (tertiary alicyclic amines) is 1. The molecular formula is C25H32N2O3. The molecule has 0 radical (unpaired) electrons. The van der Waals surface area contributed by atoms with Crippen molar-refractivity contribution in [2.45, 2.75) is 50.6 Å². The molecule has 0 aromatic heterocycles. The molecule has 2 atom stereocenters. The van der Waals surface area contributed by atoms with Crippen LogP contribution in [0.15, 0.2) is 48.5 Å². The molecule has 5 nitrogen and oxygen atoms in total. The van der Waals surface area contributed by atoms with Crippen LogP contribution in [0.2, 0.25) is 0 Å². The zero-order valence-electron chi connectivity index (χ0n) is 17.7. The summed E-state index contributed by atoms with van der Waals surface area (Å²) in [6.07, 6.45) is 3.71. The number of nitrogens with one attached hydrogen (secondary N) is 1. The number of benzene rings is 2. The van der Waals surface area contributed by atoms with Gasteiger partial charge in [0.05, 0.1) is 6.42 Å². The third kappa shape index (κ3) is 5.61. The van der Waals surface area contributed by atoms with Crippen molar-refractivity contribution in [2.24, 2.45) is 0 Å².